The standard InChI is InChI=1S/C19H19FN2O2/c1-12-6-8-15(20)17(10-12)21-18(23)9-7-14-11-13-4-2-3-5-16(13)22-19(14)24/h2-6,8,10,14H,7,9,11H2,1H3,(H,21,23)(H,22,24). The summed E-state index contributed by atoms with van der Waals surface area (Å²) in [5, 5.41) is 5.45. The molecule has 2 aromatic carbocycles. The van der Waals surface area contributed by atoms with E-state index in [1.165, 1.54) is 6.07 Å². The highest BCUT2D eigenvalue weighted by molar-refractivity contribution is 5.96. The molecule has 0 radical (unpaired) electrons. The number of para-hydroxylation sites is 1. The molecule has 2 amide bonds. The Morgan fingerprint density at radius 3 is 2.92 bits per heavy atom. The Kier molecular flexibility index (Phi) is 4.60. The molecule has 1 unspecified atom stereocenters. The molecule has 124 valence electrons. The van der Waals surface area contributed by atoms with Gasteiger partial charge in [-0.15, -0.1) is 0 Å². The van der Waals surface area contributed by atoms with Gasteiger partial charge in [-0.2, -0.15) is 0 Å². The molecule has 1 atom stereocenters. The maximum atomic E-state index is 13.7. The van der Waals surface area contributed by atoms with E-state index in [-0.39, 0.29) is 29.8 Å². The van der Waals surface area contributed by atoms with Gasteiger partial charge in [0.15, 0.2) is 0 Å². The second-order valence-corrected chi connectivity index (χ2v) is 6.12. The highest BCUT2D eigenvalue weighted by Crippen LogP contribution is 2.27. The molecule has 0 saturated heterocycles. The summed E-state index contributed by atoms with van der Waals surface area (Å²) in [5.41, 5.74) is 2.96. The smallest absolute Gasteiger partial charge is 0.227 e. The first kappa shape index (κ1) is 16.2. The molecular formula is C19H19FN2O2. The summed E-state index contributed by atoms with van der Waals surface area (Å²) in [6.07, 6.45) is 1.22. The van der Waals surface area contributed by atoms with Crippen LogP contribution < -0.4 is 10.6 Å². The zero-order valence-corrected chi connectivity index (χ0v) is 13.4. The Balaban J connectivity index is 1.59. The van der Waals surface area contributed by atoms with Crippen LogP contribution in [-0.4, -0.2) is 11.8 Å². The molecule has 0 fully saturated rings. The molecule has 2 aromatic rings. The Bertz CT molecular complexity index is 789. The van der Waals surface area contributed by atoms with E-state index in [0.29, 0.717) is 12.8 Å². The first-order chi connectivity index (χ1) is 11.5. The van der Waals surface area contributed by atoms with Gasteiger partial charge in [0.05, 0.1) is 5.69 Å². The lowest BCUT2D eigenvalue weighted by Crippen LogP contribution is -2.30. The molecule has 0 aromatic heterocycles. The second kappa shape index (κ2) is 6.83. The van der Waals surface area contributed by atoms with Crippen LogP contribution in [0.4, 0.5) is 15.8 Å². The van der Waals surface area contributed by atoms with Crippen molar-refractivity contribution in [3.05, 3.63) is 59.4 Å². The molecule has 4 nitrogen and oxygen atoms in total. The number of carbonyl (C=O) groups is 2. The van der Waals surface area contributed by atoms with E-state index in [9.17, 15) is 14.0 Å². The van der Waals surface area contributed by atoms with Crippen LogP contribution in [0.25, 0.3) is 0 Å². The van der Waals surface area contributed by atoms with Crippen LogP contribution in [0.2, 0.25) is 0 Å². The van der Waals surface area contributed by atoms with Crippen LogP contribution in [0.1, 0.15) is 24.0 Å². The van der Waals surface area contributed by atoms with Crippen molar-refractivity contribution in [2.45, 2.75) is 26.2 Å². The van der Waals surface area contributed by atoms with Crippen molar-refractivity contribution in [2.24, 2.45) is 5.92 Å². The van der Waals surface area contributed by atoms with E-state index in [1.54, 1.807) is 12.1 Å². The van der Waals surface area contributed by atoms with Gasteiger partial charge in [-0.3, -0.25) is 9.59 Å². The van der Waals surface area contributed by atoms with Gasteiger partial charge in [0.1, 0.15) is 5.82 Å². The van der Waals surface area contributed by atoms with Gasteiger partial charge in [-0.25, -0.2) is 4.39 Å². The van der Waals surface area contributed by atoms with Crippen molar-refractivity contribution in [3.63, 3.8) is 0 Å². The third kappa shape index (κ3) is 3.62. The summed E-state index contributed by atoms with van der Waals surface area (Å²) in [5.74, 6) is -1.05. The number of hydrogen-bond acceptors (Lipinski definition) is 2. The zero-order chi connectivity index (χ0) is 17.1. The van der Waals surface area contributed by atoms with Gasteiger partial charge < -0.3 is 10.6 Å². The molecule has 0 bridgehead atoms. The highest BCUT2D eigenvalue weighted by atomic mass is 19.1. The van der Waals surface area contributed by atoms with E-state index in [1.807, 2.05) is 31.2 Å². The highest BCUT2D eigenvalue weighted by Gasteiger charge is 2.26. The van der Waals surface area contributed by atoms with Gasteiger partial charge >= 0.3 is 0 Å². The number of fused-ring (bicyclic) bond motifs is 1. The van der Waals surface area contributed by atoms with Crippen molar-refractivity contribution in [1.82, 2.24) is 0 Å². The SMILES string of the molecule is Cc1ccc(F)c(NC(=O)CCC2Cc3ccccc3NC2=O)c1. The first-order valence-electron chi connectivity index (χ1n) is 7.97. The predicted octanol–water partition coefficient (Wildman–Crippen LogP) is 3.66. The van der Waals surface area contributed by atoms with Crippen molar-refractivity contribution < 1.29 is 14.0 Å². The lowest BCUT2D eigenvalue weighted by Gasteiger charge is -2.24. The number of nitrogens with one attached hydrogen (secondary N) is 2. The van der Waals surface area contributed by atoms with E-state index in [4.69, 9.17) is 0 Å². The fraction of sp³-hybridized carbons (Fsp3) is 0.263. The second-order valence-electron chi connectivity index (χ2n) is 6.12. The van der Waals surface area contributed by atoms with E-state index in [2.05, 4.69) is 10.6 Å². The topological polar surface area (TPSA) is 58.2 Å². The predicted molar refractivity (Wildman–Crippen MR) is 91.3 cm³/mol. The number of amides is 2. The quantitative estimate of drug-likeness (QED) is 0.901. The molecule has 2 N–H and O–H groups in total. The van der Waals surface area contributed by atoms with Gasteiger partial charge in [0.25, 0.3) is 0 Å². The van der Waals surface area contributed by atoms with Crippen LogP contribution in [0.5, 0.6) is 0 Å². The van der Waals surface area contributed by atoms with Crippen LogP contribution in [0.15, 0.2) is 42.5 Å². The van der Waals surface area contributed by atoms with Gasteiger partial charge in [0, 0.05) is 18.0 Å². The van der Waals surface area contributed by atoms with Crippen molar-refractivity contribution in [3.8, 4) is 0 Å². The van der Waals surface area contributed by atoms with Crippen LogP contribution in [-0.2, 0) is 16.0 Å². The zero-order valence-electron chi connectivity index (χ0n) is 13.4. The van der Waals surface area contributed by atoms with E-state index in [0.717, 1.165) is 16.8 Å². The summed E-state index contributed by atoms with van der Waals surface area (Å²) in [7, 11) is 0. The van der Waals surface area contributed by atoms with Gasteiger partial charge in [-0.1, -0.05) is 24.3 Å². The maximum Gasteiger partial charge on any atom is 0.227 e. The maximum absolute atomic E-state index is 13.7. The van der Waals surface area contributed by atoms with Crippen molar-refractivity contribution in [1.29, 1.82) is 0 Å². The normalized spacial score (nSPS) is 16.2. The largest absolute Gasteiger partial charge is 0.326 e. The molecule has 3 rings (SSSR count). The Morgan fingerprint density at radius 2 is 2.08 bits per heavy atom. The summed E-state index contributed by atoms with van der Waals surface area (Å²) in [6.45, 7) is 1.83. The molecule has 24 heavy (non-hydrogen) atoms. The van der Waals surface area contributed by atoms with Crippen LogP contribution >= 0.6 is 0 Å². The molecule has 1 heterocycles. The van der Waals surface area contributed by atoms with Gasteiger partial charge in [0.2, 0.25) is 11.8 Å². The van der Waals surface area contributed by atoms with Crippen LogP contribution in [0.3, 0.4) is 0 Å². The summed E-state index contributed by atoms with van der Waals surface area (Å²) in [4.78, 5) is 24.2. The van der Waals surface area contributed by atoms with Crippen molar-refractivity contribution >= 4 is 23.2 Å². The number of hydrogen-bond donors (Lipinski definition) is 2. The number of benzene rings is 2. The Labute approximate surface area is 140 Å². The molecule has 0 aliphatic carbocycles. The summed E-state index contributed by atoms with van der Waals surface area (Å²) >= 11 is 0. The molecule has 1 aliphatic rings. The third-order valence-corrected chi connectivity index (χ3v) is 4.23. The van der Waals surface area contributed by atoms with E-state index >= 15 is 0 Å². The lowest BCUT2D eigenvalue weighted by atomic mass is 9.89. The first-order valence-corrected chi connectivity index (χ1v) is 7.97. The minimum absolute atomic E-state index is 0.0664. The fourth-order valence-electron chi connectivity index (χ4n) is 2.90. The molecule has 1 aliphatic heterocycles. The van der Waals surface area contributed by atoms with Gasteiger partial charge in [-0.05, 0) is 49.1 Å². The number of anilines is 2. The lowest BCUT2D eigenvalue weighted by molar-refractivity contribution is -0.121. The molecule has 5 heteroatoms. The summed E-state index contributed by atoms with van der Waals surface area (Å²) < 4.78 is 13.7. The van der Waals surface area contributed by atoms with Crippen LogP contribution in [0, 0.1) is 18.7 Å². The summed E-state index contributed by atoms with van der Waals surface area (Å²) in [6, 6.07) is 12.2. The number of carbonyl (C=O) groups excluding carboxylic acids is 2. The molecule has 0 saturated carbocycles. The monoisotopic (exact) mass is 326 g/mol. The number of rotatable bonds is 4. The molecule has 0 spiro atoms. The minimum Gasteiger partial charge on any atom is -0.326 e. The minimum atomic E-state index is -0.460. The Morgan fingerprint density at radius 1 is 1.29 bits per heavy atom. The average molecular weight is 326 g/mol. The Hall–Kier alpha value is -2.69. The van der Waals surface area contributed by atoms with E-state index < -0.39 is 5.82 Å². The third-order valence-electron chi connectivity index (χ3n) is 4.23. The number of halogens is 1. The number of aryl methyl sites for hydroxylation is 1. The van der Waals surface area contributed by atoms with Crippen molar-refractivity contribution in [2.75, 3.05) is 10.6 Å². The fourth-order valence-corrected chi connectivity index (χ4v) is 2.90. The molecular weight excluding hydrogens is 307 g/mol. The average Bonchev–Trinajstić information content (AvgIpc) is 2.56.